The van der Waals surface area contributed by atoms with E-state index in [4.69, 9.17) is 4.74 Å². The van der Waals surface area contributed by atoms with Crippen molar-refractivity contribution in [3.8, 4) is 11.5 Å². The lowest BCUT2D eigenvalue weighted by molar-refractivity contribution is 0.102. The van der Waals surface area contributed by atoms with E-state index in [0.717, 1.165) is 43.3 Å². The predicted octanol–water partition coefficient (Wildman–Crippen LogP) is 4.48. The minimum atomic E-state index is -0.148. The highest BCUT2D eigenvalue weighted by Crippen LogP contribution is 2.28. The Morgan fingerprint density at radius 1 is 0.828 bits per heavy atom. The normalized spacial score (nSPS) is 14.4. The summed E-state index contributed by atoms with van der Waals surface area (Å²) in [6, 6.07) is 24.8. The van der Waals surface area contributed by atoms with Gasteiger partial charge in [0.25, 0.3) is 5.91 Å². The lowest BCUT2D eigenvalue weighted by Crippen LogP contribution is -2.44. The zero-order chi connectivity index (χ0) is 20.1. The molecule has 29 heavy (non-hydrogen) atoms. The summed E-state index contributed by atoms with van der Waals surface area (Å²) in [5, 5.41) is 3.08. The maximum atomic E-state index is 12.9. The van der Waals surface area contributed by atoms with Gasteiger partial charge in [0.1, 0.15) is 11.5 Å². The summed E-state index contributed by atoms with van der Waals surface area (Å²) < 4.78 is 5.86. The highest BCUT2D eigenvalue weighted by atomic mass is 16.5. The fourth-order valence-electron chi connectivity index (χ4n) is 3.42. The van der Waals surface area contributed by atoms with Gasteiger partial charge >= 0.3 is 0 Å². The maximum Gasteiger partial charge on any atom is 0.255 e. The molecule has 1 heterocycles. The molecule has 0 spiro atoms. The van der Waals surface area contributed by atoms with E-state index in [1.54, 1.807) is 12.1 Å². The molecule has 0 bridgehead atoms. The van der Waals surface area contributed by atoms with E-state index in [-0.39, 0.29) is 5.91 Å². The van der Waals surface area contributed by atoms with Crippen LogP contribution < -0.4 is 15.0 Å². The summed E-state index contributed by atoms with van der Waals surface area (Å²) in [4.78, 5) is 17.6. The highest BCUT2D eigenvalue weighted by molar-refractivity contribution is 6.06. The minimum Gasteiger partial charge on any atom is -0.457 e. The molecule has 0 radical (unpaired) electrons. The van der Waals surface area contributed by atoms with Gasteiger partial charge in [-0.15, -0.1) is 0 Å². The summed E-state index contributed by atoms with van der Waals surface area (Å²) >= 11 is 0. The van der Waals surface area contributed by atoms with E-state index in [9.17, 15) is 4.79 Å². The Kier molecular flexibility index (Phi) is 5.77. The van der Waals surface area contributed by atoms with Crippen LogP contribution in [0.1, 0.15) is 10.4 Å². The maximum absolute atomic E-state index is 12.9. The van der Waals surface area contributed by atoms with Crippen LogP contribution in [0.4, 0.5) is 11.4 Å². The van der Waals surface area contributed by atoms with E-state index in [1.807, 2.05) is 60.7 Å². The highest BCUT2D eigenvalue weighted by Gasteiger charge is 2.18. The van der Waals surface area contributed by atoms with Gasteiger partial charge in [-0.05, 0) is 49.5 Å². The van der Waals surface area contributed by atoms with Gasteiger partial charge in [0.05, 0.1) is 11.4 Å². The molecule has 4 rings (SSSR count). The van der Waals surface area contributed by atoms with Crippen molar-refractivity contribution in [3.05, 3.63) is 84.4 Å². The summed E-state index contributed by atoms with van der Waals surface area (Å²) in [6.45, 7) is 3.93. The van der Waals surface area contributed by atoms with Crippen LogP contribution in [-0.2, 0) is 0 Å². The van der Waals surface area contributed by atoms with Crippen LogP contribution in [0, 0.1) is 0 Å². The van der Waals surface area contributed by atoms with Crippen molar-refractivity contribution in [1.29, 1.82) is 0 Å². The fourth-order valence-corrected chi connectivity index (χ4v) is 3.42. The summed E-state index contributed by atoms with van der Waals surface area (Å²) in [6.07, 6.45) is 0. The number of likely N-dealkylation sites (N-methyl/N-ethyl adjacent to an activating group) is 1. The van der Waals surface area contributed by atoms with Gasteiger partial charge in [0.15, 0.2) is 0 Å². The molecule has 1 fully saturated rings. The van der Waals surface area contributed by atoms with E-state index < -0.39 is 0 Å². The molecule has 1 aliphatic rings. The van der Waals surface area contributed by atoms with Gasteiger partial charge in [-0.2, -0.15) is 0 Å². The molecule has 5 heteroatoms. The summed E-state index contributed by atoms with van der Waals surface area (Å²) in [5.74, 6) is 1.23. The molecule has 0 atom stereocenters. The zero-order valence-electron chi connectivity index (χ0n) is 16.5. The molecule has 5 nitrogen and oxygen atoms in total. The number of anilines is 2. The Morgan fingerprint density at radius 3 is 2.31 bits per heavy atom. The Hall–Kier alpha value is -3.31. The van der Waals surface area contributed by atoms with Gasteiger partial charge in [-0.1, -0.05) is 36.4 Å². The van der Waals surface area contributed by atoms with Crippen molar-refractivity contribution in [2.75, 3.05) is 43.4 Å². The molecule has 148 valence electrons. The largest absolute Gasteiger partial charge is 0.457 e. The number of carbonyl (C=O) groups excluding carboxylic acids is 1. The molecule has 0 unspecified atom stereocenters. The first kappa shape index (κ1) is 19.0. The fraction of sp³-hybridized carbons (Fsp3) is 0.208. The van der Waals surface area contributed by atoms with Gasteiger partial charge in [0, 0.05) is 31.7 Å². The number of nitrogens with one attached hydrogen (secondary N) is 1. The minimum absolute atomic E-state index is 0.148. The first-order valence-electron chi connectivity index (χ1n) is 9.86. The van der Waals surface area contributed by atoms with E-state index >= 15 is 0 Å². The topological polar surface area (TPSA) is 44.8 Å². The number of amides is 1. The van der Waals surface area contributed by atoms with Crippen LogP contribution in [0.2, 0.25) is 0 Å². The second kappa shape index (κ2) is 8.80. The smallest absolute Gasteiger partial charge is 0.255 e. The monoisotopic (exact) mass is 387 g/mol. The van der Waals surface area contributed by atoms with Crippen molar-refractivity contribution in [2.45, 2.75) is 0 Å². The van der Waals surface area contributed by atoms with Gasteiger partial charge in [-0.25, -0.2) is 0 Å². The number of para-hydroxylation sites is 3. The first-order chi connectivity index (χ1) is 14.2. The molecule has 0 aliphatic carbocycles. The number of nitrogens with zero attached hydrogens (tertiary/aromatic N) is 2. The van der Waals surface area contributed by atoms with Crippen molar-refractivity contribution in [1.82, 2.24) is 4.90 Å². The van der Waals surface area contributed by atoms with Gasteiger partial charge < -0.3 is 19.9 Å². The van der Waals surface area contributed by atoms with E-state index in [2.05, 4.69) is 28.2 Å². The van der Waals surface area contributed by atoms with Crippen LogP contribution in [0.15, 0.2) is 78.9 Å². The van der Waals surface area contributed by atoms with Crippen LogP contribution in [-0.4, -0.2) is 44.0 Å². The zero-order valence-corrected chi connectivity index (χ0v) is 16.5. The molecule has 3 aromatic carbocycles. The predicted molar refractivity (Wildman–Crippen MR) is 117 cm³/mol. The van der Waals surface area contributed by atoms with E-state index in [0.29, 0.717) is 11.3 Å². The Labute approximate surface area is 171 Å². The number of piperazine rings is 1. The number of hydrogen-bond donors (Lipinski definition) is 1. The number of hydrogen-bond acceptors (Lipinski definition) is 4. The van der Waals surface area contributed by atoms with Gasteiger partial charge in [0.2, 0.25) is 0 Å². The quantitative estimate of drug-likeness (QED) is 0.701. The molecule has 1 aliphatic heterocycles. The van der Waals surface area contributed by atoms with Crippen molar-refractivity contribution in [2.24, 2.45) is 0 Å². The number of ether oxygens (including phenoxy) is 1. The van der Waals surface area contributed by atoms with Crippen molar-refractivity contribution < 1.29 is 9.53 Å². The Bertz CT molecular complexity index is 967. The molecule has 1 N–H and O–H groups in total. The summed E-state index contributed by atoms with van der Waals surface area (Å²) in [5.41, 5.74) is 2.45. The molecule has 3 aromatic rings. The third-order valence-corrected chi connectivity index (χ3v) is 5.07. The van der Waals surface area contributed by atoms with Gasteiger partial charge in [-0.3, -0.25) is 4.79 Å². The van der Waals surface area contributed by atoms with E-state index in [1.165, 1.54) is 0 Å². The number of carbonyl (C=O) groups is 1. The molecule has 1 amide bonds. The summed E-state index contributed by atoms with van der Waals surface area (Å²) in [7, 11) is 2.13. The first-order valence-corrected chi connectivity index (χ1v) is 9.86. The van der Waals surface area contributed by atoms with Crippen molar-refractivity contribution >= 4 is 17.3 Å². The SMILES string of the molecule is CN1CCN(c2ccccc2NC(=O)c2cccc(Oc3ccccc3)c2)CC1. The Morgan fingerprint density at radius 2 is 1.52 bits per heavy atom. The van der Waals surface area contributed by atoms with Crippen LogP contribution in [0.5, 0.6) is 11.5 Å². The second-order valence-electron chi connectivity index (χ2n) is 7.20. The third-order valence-electron chi connectivity index (χ3n) is 5.07. The molecular weight excluding hydrogens is 362 g/mol. The van der Waals surface area contributed by atoms with Crippen molar-refractivity contribution in [3.63, 3.8) is 0 Å². The number of benzene rings is 3. The average molecular weight is 387 g/mol. The standard InChI is InChI=1S/C24H25N3O2/c1-26-14-16-27(17-15-26)23-13-6-5-12-22(23)25-24(28)19-8-7-11-21(18-19)29-20-9-3-2-4-10-20/h2-13,18H,14-17H2,1H3,(H,25,28). The lowest BCUT2D eigenvalue weighted by Gasteiger charge is -2.35. The Balaban J connectivity index is 1.49. The van der Waals surface area contributed by atoms with Crippen LogP contribution in [0.3, 0.4) is 0 Å². The number of rotatable bonds is 5. The van der Waals surface area contributed by atoms with Crippen LogP contribution >= 0.6 is 0 Å². The molecule has 0 saturated carbocycles. The second-order valence-corrected chi connectivity index (χ2v) is 7.20. The van der Waals surface area contributed by atoms with Crippen LogP contribution in [0.25, 0.3) is 0 Å². The molecule has 0 aromatic heterocycles. The molecule has 1 saturated heterocycles. The lowest BCUT2D eigenvalue weighted by atomic mass is 10.1. The molecular formula is C24H25N3O2. The third kappa shape index (κ3) is 4.76. The average Bonchev–Trinajstić information content (AvgIpc) is 2.76.